The van der Waals surface area contributed by atoms with E-state index in [1.165, 1.54) is 0 Å². The molecule has 0 rings (SSSR count). The van der Waals surface area contributed by atoms with Gasteiger partial charge in [0.05, 0.1) is 18.8 Å². The van der Waals surface area contributed by atoms with Crippen LogP contribution in [0.4, 0.5) is 0 Å². The predicted molar refractivity (Wildman–Crippen MR) is 60.5 cm³/mol. The number of hydrogen-bond acceptors (Lipinski definition) is 3. The normalized spacial score (nSPS) is 9.20. The Bertz CT molecular complexity index is 254. The molecular formula is C12H18O3. The van der Waals surface area contributed by atoms with Crippen molar-refractivity contribution in [2.45, 2.75) is 13.8 Å². The number of carbonyl (C=O) groups excluding carboxylic acids is 1. The summed E-state index contributed by atoms with van der Waals surface area (Å²) in [5, 5.41) is 0. The largest absolute Gasteiger partial charge is 0.463 e. The van der Waals surface area contributed by atoms with Crippen LogP contribution in [0.5, 0.6) is 0 Å². The molecule has 0 N–H and O–H groups in total. The average Bonchev–Trinajstić information content (AvgIpc) is 2.24. The van der Waals surface area contributed by atoms with E-state index in [0.717, 1.165) is 0 Å². The predicted octanol–water partition coefficient (Wildman–Crippen LogP) is 2.25. The lowest BCUT2D eigenvalue weighted by molar-refractivity contribution is -0.139. The number of esters is 1. The molecule has 0 fully saturated rings. The maximum atomic E-state index is 11.6. The minimum Gasteiger partial charge on any atom is -0.463 e. The van der Waals surface area contributed by atoms with Gasteiger partial charge in [-0.25, -0.2) is 4.79 Å². The summed E-state index contributed by atoms with van der Waals surface area (Å²) in [6.07, 6.45) is 3.14. The summed E-state index contributed by atoms with van der Waals surface area (Å²) in [4.78, 5) is 11.6. The summed E-state index contributed by atoms with van der Waals surface area (Å²) in [7, 11) is 0. The molecule has 0 aliphatic heterocycles. The molecule has 0 unspecified atom stereocenters. The first kappa shape index (κ1) is 13.7. The fourth-order valence-corrected chi connectivity index (χ4v) is 1.01. The van der Waals surface area contributed by atoms with Gasteiger partial charge in [-0.2, -0.15) is 0 Å². The number of rotatable bonds is 7. The Hall–Kier alpha value is -1.35. The van der Waals surface area contributed by atoms with E-state index in [9.17, 15) is 4.79 Å². The Morgan fingerprint density at radius 1 is 1.20 bits per heavy atom. The van der Waals surface area contributed by atoms with Crippen LogP contribution in [0.3, 0.4) is 0 Å². The third-order valence-corrected chi connectivity index (χ3v) is 1.76. The van der Waals surface area contributed by atoms with Crippen LogP contribution in [0.1, 0.15) is 13.8 Å². The molecule has 0 saturated heterocycles. The molecule has 0 aromatic heterocycles. The third kappa shape index (κ3) is 4.61. The van der Waals surface area contributed by atoms with E-state index in [-0.39, 0.29) is 12.6 Å². The first-order chi connectivity index (χ1) is 7.21. The lowest BCUT2D eigenvalue weighted by Gasteiger charge is -2.09. The van der Waals surface area contributed by atoms with Gasteiger partial charge in [-0.3, -0.25) is 0 Å². The number of hydrogen-bond donors (Lipinski definition) is 0. The lowest BCUT2D eigenvalue weighted by atomic mass is 10.1. The van der Waals surface area contributed by atoms with Gasteiger partial charge in [0.1, 0.15) is 0 Å². The van der Waals surface area contributed by atoms with Crippen molar-refractivity contribution in [1.29, 1.82) is 0 Å². The van der Waals surface area contributed by atoms with E-state index < -0.39 is 0 Å². The summed E-state index contributed by atoms with van der Waals surface area (Å²) in [6, 6.07) is 0. The van der Waals surface area contributed by atoms with Crippen molar-refractivity contribution in [3.63, 3.8) is 0 Å². The molecule has 84 valence electrons. The van der Waals surface area contributed by atoms with Crippen molar-refractivity contribution in [3.05, 3.63) is 36.5 Å². The SMILES string of the molecule is C=CC(C=C)=C(COCC)C(=O)OCC. The lowest BCUT2D eigenvalue weighted by Crippen LogP contribution is -2.14. The van der Waals surface area contributed by atoms with E-state index in [2.05, 4.69) is 13.2 Å². The second-order valence-electron chi connectivity index (χ2n) is 2.70. The molecule has 0 spiro atoms. The van der Waals surface area contributed by atoms with Crippen molar-refractivity contribution in [2.75, 3.05) is 19.8 Å². The molecule has 0 aromatic carbocycles. The van der Waals surface area contributed by atoms with Gasteiger partial charge in [0.2, 0.25) is 0 Å². The van der Waals surface area contributed by atoms with Gasteiger partial charge in [0.15, 0.2) is 0 Å². The zero-order valence-corrected chi connectivity index (χ0v) is 9.41. The number of ether oxygens (including phenoxy) is 2. The first-order valence-corrected chi connectivity index (χ1v) is 4.94. The molecule has 3 nitrogen and oxygen atoms in total. The van der Waals surface area contributed by atoms with Crippen molar-refractivity contribution < 1.29 is 14.3 Å². The summed E-state index contributed by atoms with van der Waals surface area (Å²) >= 11 is 0. The Balaban J connectivity index is 4.84. The van der Waals surface area contributed by atoms with E-state index in [1.54, 1.807) is 19.1 Å². The Kier molecular flexibility index (Phi) is 7.28. The molecule has 0 heterocycles. The molecule has 0 aliphatic rings. The molecule has 0 radical (unpaired) electrons. The van der Waals surface area contributed by atoms with E-state index in [4.69, 9.17) is 9.47 Å². The van der Waals surface area contributed by atoms with Gasteiger partial charge in [0, 0.05) is 6.61 Å². The molecule has 0 atom stereocenters. The zero-order valence-electron chi connectivity index (χ0n) is 9.41. The molecule has 0 aliphatic carbocycles. The van der Waals surface area contributed by atoms with Gasteiger partial charge >= 0.3 is 5.97 Å². The topological polar surface area (TPSA) is 35.5 Å². The van der Waals surface area contributed by atoms with E-state index in [0.29, 0.717) is 24.4 Å². The molecule has 0 aromatic rings. The average molecular weight is 210 g/mol. The summed E-state index contributed by atoms with van der Waals surface area (Å²) < 4.78 is 10.1. The minimum atomic E-state index is -0.374. The van der Waals surface area contributed by atoms with Crippen LogP contribution in [0, 0.1) is 0 Å². The fraction of sp³-hybridized carbons (Fsp3) is 0.417. The van der Waals surface area contributed by atoms with Gasteiger partial charge in [-0.15, -0.1) is 0 Å². The monoisotopic (exact) mass is 210 g/mol. The quantitative estimate of drug-likeness (QED) is 0.367. The summed E-state index contributed by atoms with van der Waals surface area (Å²) in [6.45, 7) is 12.0. The Morgan fingerprint density at radius 3 is 2.20 bits per heavy atom. The van der Waals surface area contributed by atoms with Crippen LogP contribution in [-0.4, -0.2) is 25.8 Å². The maximum absolute atomic E-state index is 11.6. The highest BCUT2D eigenvalue weighted by Crippen LogP contribution is 2.10. The molecule has 3 heteroatoms. The van der Waals surface area contributed by atoms with Crippen LogP contribution >= 0.6 is 0 Å². The van der Waals surface area contributed by atoms with E-state index >= 15 is 0 Å². The summed E-state index contributed by atoms with van der Waals surface area (Å²) in [5.74, 6) is -0.374. The van der Waals surface area contributed by atoms with Crippen molar-refractivity contribution >= 4 is 5.97 Å². The molecule has 0 bridgehead atoms. The number of carbonyl (C=O) groups is 1. The highest BCUT2D eigenvalue weighted by molar-refractivity contribution is 5.90. The van der Waals surface area contributed by atoms with Crippen LogP contribution in [0.25, 0.3) is 0 Å². The van der Waals surface area contributed by atoms with Crippen LogP contribution in [0.2, 0.25) is 0 Å². The van der Waals surface area contributed by atoms with Gasteiger partial charge in [-0.1, -0.05) is 25.3 Å². The molecular weight excluding hydrogens is 192 g/mol. The summed E-state index contributed by atoms with van der Waals surface area (Å²) in [5.41, 5.74) is 1.12. The maximum Gasteiger partial charge on any atom is 0.336 e. The van der Waals surface area contributed by atoms with Crippen molar-refractivity contribution in [3.8, 4) is 0 Å². The molecule has 0 saturated carbocycles. The molecule has 15 heavy (non-hydrogen) atoms. The Morgan fingerprint density at radius 2 is 1.80 bits per heavy atom. The fourth-order valence-electron chi connectivity index (χ4n) is 1.01. The Labute approximate surface area is 91.1 Å². The second-order valence-corrected chi connectivity index (χ2v) is 2.70. The van der Waals surface area contributed by atoms with Gasteiger partial charge < -0.3 is 9.47 Å². The minimum absolute atomic E-state index is 0.225. The van der Waals surface area contributed by atoms with Crippen LogP contribution in [-0.2, 0) is 14.3 Å². The smallest absolute Gasteiger partial charge is 0.336 e. The number of allylic oxidation sites excluding steroid dienone is 3. The van der Waals surface area contributed by atoms with Crippen LogP contribution < -0.4 is 0 Å². The standard InChI is InChI=1S/C12H18O3/c1-5-10(6-2)11(9-14-7-3)12(13)15-8-4/h5-6H,1-2,7-9H2,3-4H3. The van der Waals surface area contributed by atoms with Gasteiger partial charge in [-0.05, 0) is 19.4 Å². The van der Waals surface area contributed by atoms with Gasteiger partial charge in [0.25, 0.3) is 0 Å². The van der Waals surface area contributed by atoms with Crippen molar-refractivity contribution in [2.24, 2.45) is 0 Å². The molecule has 0 amide bonds. The van der Waals surface area contributed by atoms with E-state index in [1.807, 2.05) is 6.92 Å². The highest BCUT2D eigenvalue weighted by Gasteiger charge is 2.13. The van der Waals surface area contributed by atoms with Crippen LogP contribution in [0.15, 0.2) is 36.5 Å². The third-order valence-electron chi connectivity index (χ3n) is 1.76. The highest BCUT2D eigenvalue weighted by atomic mass is 16.5. The second kappa shape index (κ2) is 8.00. The van der Waals surface area contributed by atoms with Crippen molar-refractivity contribution in [1.82, 2.24) is 0 Å². The first-order valence-electron chi connectivity index (χ1n) is 4.94. The zero-order chi connectivity index (χ0) is 11.7.